The fourth-order valence-electron chi connectivity index (χ4n) is 1.60. The van der Waals surface area contributed by atoms with Gasteiger partial charge < -0.3 is 0 Å². The molecule has 1 aromatic rings. The molecule has 0 aromatic carbocycles. The van der Waals surface area contributed by atoms with E-state index in [0.29, 0.717) is 0 Å². The molecule has 0 bridgehead atoms. The molecule has 1 saturated heterocycles. The van der Waals surface area contributed by atoms with E-state index in [2.05, 4.69) is 33.2 Å². The highest BCUT2D eigenvalue weighted by Crippen LogP contribution is 2.22. The molecular weight excluding hydrogens is 250 g/mol. The molecule has 0 aliphatic carbocycles. The molecule has 84 valence electrons. The second-order valence-electron chi connectivity index (χ2n) is 3.74. The molecule has 1 atom stereocenters. The van der Waals surface area contributed by atoms with Crippen LogP contribution in [-0.2, 0) is 6.54 Å². The number of aromatic nitrogens is 2. The van der Waals surface area contributed by atoms with Crippen molar-refractivity contribution < 1.29 is 0 Å². The van der Waals surface area contributed by atoms with Crippen molar-refractivity contribution >= 4 is 34.9 Å². The van der Waals surface area contributed by atoms with Gasteiger partial charge in [-0.05, 0) is 13.0 Å². The molecule has 2 rings (SSSR count). The van der Waals surface area contributed by atoms with Crippen molar-refractivity contribution in [3.63, 3.8) is 0 Å². The Balaban J connectivity index is 1.92. The second kappa shape index (κ2) is 5.48. The minimum absolute atomic E-state index is 0.736. The third-order valence-corrected chi connectivity index (χ3v) is 4.75. The van der Waals surface area contributed by atoms with Gasteiger partial charge in [0.2, 0.25) is 0 Å². The van der Waals surface area contributed by atoms with Crippen LogP contribution in [0.1, 0.15) is 19.0 Å². The number of hydrogen-bond acceptors (Lipinski definition) is 5. The summed E-state index contributed by atoms with van der Waals surface area (Å²) in [4.78, 5) is 2.42. The van der Waals surface area contributed by atoms with Gasteiger partial charge in [-0.3, -0.25) is 4.90 Å². The van der Waals surface area contributed by atoms with Gasteiger partial charge in [0, 0.05) is 35.6 Å². The van der Waals surface area contributed by atoms with E-state index < -0.39 is 0 Å². The zero-order valence-electron chi connectivity index (χ0n) is 8.65. The van der Waals surface area contributed by atoms with E-state index in [4.69, 9.17) is 11.6 Å². The van der Waals surface area contributed by atoms with Crippen LogP contribution in [0.5, 0.6) is 0 Å². The maximum atomic E-state index is 5.99. The second-order valence-corrected chi connectivity index (χ2v) is 6.64. The number of nitrogens with zero attached hydrogens (tertiary/aromatic N) is 3. The van der Waals surface area contributed by atoms with Crippen LogP contribution in [0.25, 0.3) is 0 Å². The number of halogens is 1. The lowest BCUT2D eigenvalue weighted by molar-refractivity contribution is 0.280. The molecule has 3 nitrogen and oxygen atoms in total. The molecule has 6 heteroatoms. The van der Waals surface area contributed by atoms with Gasteiger partial charge in [0.15, 0.2) is 0 Å². The van der Waals surface area contributed by atoms with Gasteiger partial charge in [-0.25, -0.2) is 0 Å². The van der Waals surface area contributed by atoms with Crippen molar-refractivity contribution in [2.45, 2.75) is 25.1 Å². The summed E-state index contributed by atoms with van der Waals surface area (Å²) in [5.74, 6) is 1.20. The predicted octanol–water partition coefficient (Wildman–Crippen LogP) is 2.52. The van der Waals surface area contributed by atoms with Gasteiger partial charge in [-0.2, -0.15) is 11.8 Å². The Morgan fingerprint density at radius 3 is 3.13 bits per heavy atom. The van der Waals surface area contributed by atoms with Gasteiger partial charge in [-0.1, -0.05) is 23.0 Å². The lowest BCUT2D eigenvalue weighted by Crippen LogP contribution is -2.26. The molecular formula is C9H14ClN3S2. The SMILES string of the molecule is CC1CCN(Cc2nnsc2Cl)CCS1. The normalized spacial score (nSPS) is 24.0. The summed E-state index contributed by atoms with van der Waals surface area (Å²) in [6.07, 6.45) is 1.25. The van der Waals surface area contributed by atoms with Gasteiger partial charge >= 0.3 is 0 Å². The Bertz CT molecular complexity index is 318. The molecule has 0 N–H and O–H groups in total. The van der Waals surface area contributed by atoms with Crippen molar-refractivity contribution in [1.29, 1.82) is 0 Å². The summed E-state index contributed by atoms with van der Waals surface area (Å²) < 4.78 is 4.59. The first-order valence-corrected chi connectivity index (χ1v) is 7.26. The zero-order valence-corrected chi connectivity index (χ0v) is 11.0. The first-order chi connectivity index (χ1) is 7.25. The average Bonchev–Trinajstić information content (AvgIpc) is 2.48. The van der Waals surface area contributed by atoms with Gasteiger partial charge in [0.1, 0.15) is 10.0 Å². The molecule has 1 fully saturated rings. The maximum Gasteiger partial charge on any atom is 0.138 e. The molecule has 15 heavy (non-hydrogen) atoms. The minimum Gasteiger partial charge on any atom is -0.296 e. The first-order valence-electron chi connectivity index (χ1n) is 5.06. The van der Waals surface area contributed by atoms with Gasteiger partial charge in [0.05, 0.1) is 0 Å². The number of rotatable bonds is 2. The van der Waals surface area contributed by atoms with Gasteiger partial charge in [-0.15, -0.1) is 5.10 Å². The Kier molecular flexibility index (Phi) is 4.25. The maximum absolute atomic E-state index is 5.99. The molecule has 0 radical (unpaired) electrons. The highest BCUT2D eigenvalue weighted by atomic mass is 35.5. The number of hydrogen-bond donors (Lipinski definition) is 0. The van der Waals surface area contributed by atoms with Crippen LogP contribution in [0.3, 0.4) is 0 Å². The third-order valence-electron chi connectivity index (χ3n) is 2.54. The molecule has 1 aliphatic rings. The predicted molar refractivity (Wildman–Crippen MR) is 66.7 cm³/mol. The molecule has 1 aliphatic heterocycles. The van der Waals surface area contributed by atoms with Crippen LogP contribution in [0, 0.1) is 0 Å². The summed E-state index contributed by atoms with van der Waals surface area (Å²) in [5.41, 5.74) is 0.932. The van der Waals surface area contributed by atoms with Crippen LogP contribution in [0.4, 0.5) is 0 Å². The molecule has 0 saturated carbocycles. The van der Waals surface area contributed by atoms with E-state index in [1.807, 2.05) is 0 Å². The van der Waals surface area contributed by atoms with Crippen molar-refractivity contribution in [2.75, 3.05) is 18.8 Å². The Morgan fingerprint density at radius 1 is 1.53 bits per heavy atom. The molecule has 0 amide bonds. The lowest BCUT2D eigenvalue weighted by atomic mass is 10.3. The van der Waals surface area contributed by atoms with E-state index in [9.17, 15) is 0 Å². The smallest absolute Gasteiger partial charge is 0.138 e. The monoisotopic (exact) mass is 263 g/mol. The largest absolute Gasteiger partial charge is 0.296 e. The molecule has 1 aromatic heterocycles. The van der Waals surface area contributed by atoms with E-state index >= 15 is 0 Å². The van der Waals surface area contributed by atoms with Crippen LogP contribution in [0.2, 0.25) is 4.34 Å². The lowest BCUT2D eigenvalue weighted by Gasteiger charge is -2.17. The van der Waals surface area contributed by atoms with E-state index in [-0.39, 0.29) is 0 Å². The summed E-state index contributed by atoms with van der Waals surface area (Å²) >= 11 is 9.31. The summed E-state index contributed by atoms with van der Waals surface area (Å²) in [6.45, 7) is 5.42. The minimum atomic E-state index is 0.736. The van der Waals surface area contributed by atoms with Crippen LogP contribution >= 0.6 is 34.9 Å². The number of thioether (sulfide) groups is 1. The van der Waals surface area contributed by atoms with E-state index in [1.54, 1.807) is 0 Å². The highest BCUT2D eigenvalue weighted by Gasteiger charge is 2.16. The summed E-state index contributed by atoms with van der Waals surface area (Å²) in [6, 6.07) is 0. The average molecular weight is 264 g/mol. The standard InChI is InChI=1S/C9H14ClN3S2/c1-7-2-3-13(4-5-14-7)6-8-9(10)15-12-11-8/h7H,2-6H2,1H3. The van der Waals surface area contributed by atoms with Gasteiger partial charge in [0.25, 0.3) is 0 Å². The molecule has 1 unspecified atom stereocenters. The Labute approximate surface area is 103 Å². The molecule has 0 spiro atoms. The quantitative estimate of drug-likeness (QED) is 0.820. The summed E-state index contributed by atoms with van der Waals surface area (Å²) in [7, 11) is 0. The van der Waals surface area contributed by atoms with Crippen molar-refractivity contribution in [3.05, 3.63) is 10.0 Å². The zero-order chi connectivity index (χ0) is 10.7. The summed E-state index contributed by atoms with van der Waals surface area (Å²) in [5, 5.41) is 4.82. The van der Waals surface area contributed by atoms with Crippen LogP contribution < -0.4 is 0 Å². The van der Waals surface area contributed by atoms with E-state index in [0.717, 1.165) is 34.9 Å². The fourth-order valence-corrected chi connectivity index (χ4v) is 3.25. The van der Waals surface area contributed by atoms with Crippen molar-refractivity contribution in [3.8, 4) is 0 Å². The third kappa shape index (κ3) is 3.31. The van der Waals surface area contributed by atoms with Crippen LogP contribution in [-0.4, -0.2) is 38.6 Å². The Morgan fingerprint density at radius 2 is 2.40 bits per heavy atom. The fraction of sp³-hybridized carbons (Fsp3) is 0.778. The van der Waals surface area contributed by atoms with Crippen molar-refractivity contribution in [2.24, 2.45) is 0 Å². The van der Waals surface area contributed by atoms with E-state index in [1.165, 1.54) is 23.7 Å². The molecule has 2 heterocycles. The first kappa shape index (κ1) is 11.6. The topological polar surface area (TPSA) is 29.0 Å². The highest BCUT2D eigenvalue weighted by molar-refractivity contribution is 7.99. The van der Waals surface area contributed by atoms with Crippen LogP contribution in [0.15, 0.2) is 0 Å². The van der Waals surface area contributed by atoms with Crippen molar-refractivity contribution in [1.82, 2.24) is 14.5 Å². The Hall–Kier alpha value is 0.160.